The van der Waals surface area contributed by atoms with E-state index in [4.69, 9.17) is 19.2 Å². The van der Waals surface area contributed by atoms with Crippen molar-refractivity contribution in [2.75, 3.05) is 27.9 Å². The average molecular weight is 398 g/mol. The maximum absolute atomic E-state index is 11.5. The van der Waals surface area contributed by atoms with Crippen LogP contribution < -0.4 is 14.8 Å². The summed E-state index contributed by atoms with van der Waals surface area (Å²) < 4.78 is 15.5. The summed E-state index contributed by atoms with van der Waals surface area (Å²) in [5.41, 5.74) is 3.91. The normalized spacial score (nSPS) is 10.5. The van der Waals surface area contributed by atoms with Crippen LogP contribution in [0, 0.1) is 0 Å². The molecule has 6 nitrogen and oxygen atoms in total. The molecule has 0 spiro atoms. The molecule has 146 valence electrons. The molecule has 0 unspecified atom stereocenters. The summed E-state index contributed by atoms with van der Waals surface area (Å²) >= 11 is 1.58. The van der Waals surface area contributed by atoms with Crippen molar-refractivity contribution in [3.05, 3.63) is 53.4 Å². The lowest BCUT2D eigenvalue weighted by Gasteiger charge is -2.08. The van der Waals surface area contributed by atoms with Gasteiger partial charge in [0.25, 0.3) is 0 Å². The molecule has 0 bridgehead atoms. The predicted molar refractivity (Wildman–Crippen MR) is 110 cm³/mol. The Morgan fingerprint density at radius 1 is 1.00 bits per heavy atom. The van der Waals surface area contributed by atoms with Crippen molar-refractivity contribution in [1.29, 1.82) is 0 Å². The van der Waals surface area contributed by atoms with Gasteiger partial charge < -0.3 is 19.5 Å². The van der Waals surface area contributed by atoms with Crippen molar-refractivity contribution in [3.63, 3.8) is 0 Å². The Labute approximate surface area is 168 Å². The molecule has 0 aliphatic carbocycles. The van der Waals surface area contributed by atoms with Crippen molar-refractivity contribution in [2.45, 2.75) is 6.54 Å². The molecule has 0 aliphatic rings. The number of carbonyl (C=O) groups excluding carboxylic acids is 1. The SMILES string of the molecule is COCC(=O)NCc1ccc(-c2nc(-c3ccc(OC)c(OC)c3)cs2)cc1. The number of thiazole rings is 1. The molecule has 0 atom stereocenters. The first-order chi connectivity index (χ1) is 13.6. The Kier molecular flexibility index (Phi) is 6.62. The zero-order chi connectivity index (χ0) is 19.9. The highest BCUT2D eigenvalue weighted by molar-refractivity contribution is 7.13. The number of aromatic nitrogens is 1. The third-order valence-corrected chi connectivity index (χ3v) is 5.04. The first kappa shape index (κ1) is 19.9. The Morgan fingerprint density at radius 3 is 2.39 bits per heavy atom. The van der Waals surface area contributed by atoms with Gasteiger partial charge in [-0.15, -0.1) is 11.3 Å². The quantitative estimate of drug-likeness (QED) is 0.626. The first-order valence-electron chi connectivity index (χ1n) is 8.67. The van der Waals surface area contributed by atoms with E-state index < -0.39 is 0 Å². The van der Waals surface area contributed by atoms with Gasteiger partial charge in [-0.2, -0.15) is 0 Å². The van der Waals surface area contributed by atoms with Gasteiger partial charge in [-0.1, -0.05) is 24.3 Å². The highest BCUT2D eigenvalue weighted by Crippen LogP contribution is 2.34. The molecule has 0 radical (unpaired) electrons. The van der Waals surface area contributed by atoms with Gasteiger partial charge in [0.2, 0.25) is 5.91 Å². The van der Waals surface area contributed by atoms with E-state index in [-0.39, 0.29) is 12.5 Å². The van der Waals surface area contributed by atoms with Gasteiger partial charge in [-0.3, -0.25) is 4.79 Å². The Bertz CT molecular complexity index is 938. The Balaban J connectivity index is 1.72. The van der Waals surface area contributed by atoms with E-state index in [1.807, 2.05) is 47.8 Å². The summed E-state index contributed by atoms with van der Waals surface area (Å²) in [5.74, 6) is 1.23. The van der Waals surface area contributed by atoms with E-state index in [0.29, 0.717) is 18.0 Å². The van der Waals surface area contributed by atoms with E-state index in [0.717, 1.165) is 27.4 Å². The minimum Gasteiger partial charge on any atom is -0.493 e. The molecule has 0 saturated carbocycles. The molecule has 3 aromatic rings. The first-order valence-corrected chi connectivity index (χ1v) is 9.55. The van der Waals surface area contributed by atoms with Crippen LogP contribution in [-0.4, -0.2) is 38.8 Å². The summed E-state index contributed by atoms with van der Waals surface area (Å²) in [6, 6.07) is 13.7. The number of nitrogens with zero attached hydrogens (tertiary/aromatic N) is 1. The highest BCUT2D eigenvalue weighted by Gasteiger charge is 2.10. The minimum absolute atomic E-state index is 0.0656. The molecule has 0 fully saturated rings. The van der Waals surface area contributed by atoms with Gasteiger partial charge in [0.15, 0.2) is 11.5 Å². The molecule has 0 saturated heterocycles. The molecule has 1 heterocycles. The average Bonchev–Trinajstić information content (AvgIpc) is 3.22. The van der Waals surface area contributed by atoms with Crippen LogP contribution in [0.3, 0.4) is 0 Å². The second kappa shape index (κ2) is 9.34. The van der Waals surface area contributed by atoms with Crippen molar-refractivity contribution >= 4 is 17.2 Å². The fraction of sp³-hybridized carbons (Fsp3) is 0.238. The lowest BCUT2D eigenvalue weighted by atomic mass is 10.1. The zero-order valence-electron chi connectivity index (χ0n) is 16.0. The number of carbonyl (C=O) groups is 1. The van der Waals surface area contributed by atoms with Gasteiger partial charge >= 0.3 is 0 Å². The molecule has 7 heteroatoms. The number of nitrogens with one attached hydrogen (secondary N) is 1. The molecular weight excluding hydrogens is 376 g/mol. The molecule has 1 N–H and O–H groups in total. The molecule has 1 amide bonds. The van der Waals surface area contributed by atoms with Gasteiger partial charge in [0.05, 0.1) is 19.9 Å². The number of hydrogen-bond acceptors (Lipinski definition) is 6. The van der Waals surface area contributed by atoms with Crippen molar-refractivity contribution in [3.8, 4) is 33.3 Å². The largest absolute Gasteiger partial charge is 0.493 e. The molecule has 1 aromatic heterocycles. The molecule has 0 aliphatic heterocycles. The van der Waals surface area contributed by atoms with Crippen LogP contribution in [0.2, 0.25) is 0 Å². The van der Waals surface area contributed by atoms with Crippen molar-refractivity contribution < 1.29 is 19.0 Å². The Hall–Kier alpha value is -2.90. The molecule has 2 aromatic carbocycles. The molecular formula is C21H22N2O4S. The van der Waals surface area contributed by atoms with E-state index in [1.54, 1.807) is 25.6 Å². The van der Waals surface area contributed by atoms with Crippen LogP contribution in [-0.2, 0) is 16.1 Å². The van der Waals surface area contributed by atoms with Crippen LogP contribution in [0.15, 0.2) is 47.8 Å². The third-order valence-electron chi connectivity index (χ3n) is 4.15. The summed E-state index contributed by atoms with van der Waals surface area (Å²) in [4.78, 5) is 16.2. The summed E-state index contributed by atoms with van der Waals surface area (Å²) in [5, 5.41) is 5.76. The van der Waals surface area contributed by atoms with Crippen LogP contribution in [0.1, 0.15) is 5.56 Å². The minimum atomic E-state index is -0.133. The lowest BCUT2D eigenvalue weighted by molar-refractivity contribution is -0.124. The van der Waals surface area contributed by atoms with E-state index in [1.165, 1.54) is 7.11 Å². The summed E-state index contributed by atoms with van der Waals surface area (Å²) in [6.45, 7) is 0.535. The monoisotopic (exact) mass is 398 g/mol. The zero-order valence-corrected chi connectivity index (χ0v) is 16.8. The lowest BCUT2D eigenvalue weighted by Crippen LogP contribution is -2.26. The second-order valence-electron chi connectivity index (χ2n) is 6.01. The third kappa shape index (κ3) is 4.68. The molecule has 28 heavy (non-hydrogen) atoms. The van der Waals surface area contributed by atoms with Crippen LogP contribution in [0.5, 0.6) is 11.5 Å². The predicted octanol–water partition coefficient (Wildman–Crippen LogP) is 3.76. The summed E-state index contributed by atoms with van der Waals surface area (Å²) in [6.07, 6.45) is 0. The van der Waals surface area contributed by atoms with E-state index >= 15 is 0 Å². The topological polar surface area (TPSA) is 69.7 Å². The summed E-state index contributed by atoms with van der Waals surface area (Å²) in [7, 11) is 4.73. The number of rotatable bonds is 8. The van der Waals surface area contributed by atoms with Gasteiger partial charge in [-0.25, -0.2) is 4.98 Å². The fourth-order valence-electron chi connectivity index (χ4n) is 2.68. The number of amides is 1. The van der Waals surface area contributed by atoms with Gasteiger partial charge in [0, 0.05) is 30.2 Å². The van der Waals surface area contributed by atoms with Crippen LogP contribution in [0.4, 0.5) is 0 Å². The van der Waals surface area contributed by atoms with Crippen LogP contribution >= 0.6 is 11.3 Å². The number of benzene rings is 2. The maximum atomic E-state index is 11.5. The van der Waals surface area contributed by atoms with Crippen LogP contribution in [0.25, 0.3) is 21.8 Å². The molecule has 3 rings (SSSR count). The second-order valence-corrected chi connectivity index (χ2v) is 6.87. The fourth-order valence-corrected chi connectivity index (χ4v) is 3.52. The number of hydrogen-bond donors (Lipinski definition) is 1. The number of methoxy groups -OCH3 is 3. The smallest absolute Gasteiger partial charge is 0.246 e. The van der Waals surface area contributed by atoms with Crippen molar-refractivity contribution in [2.24, 2.45) is 0 Å². The maximum Gasteiger partial charge on any atom is 0.246 e. The van der Waals surface area contributed by atoms with E-state index in [9.17, 15) is 4.79 Å². The highest BCUT2D eigenvalue weighted by atomic mass is 32.1. The number of ether oxygens (including phenoxy) is 3. The Morgan fingerprint density at radius 2 is 1.71 bits per heavy atom. The van der Waals surface area contributed by atoms with E-state index in [2.05, 4.69) is 5.32 Å². The van der Waals surface area contributed by atoms with Crippen molar-refractivity contribution in [1.82, 2.24) is 10.3 Å². The van der Waals surface area contributed by atoms with Gasteiger partial charge in [0.1, 0.15) is 11.6 Å². The standard InChI is InChI=1S/C21H22N2O4S/c1-25-12-20(24)22-11-14-4-6-15(7-5-14)21-23-17(13-28-21)16-8-9-18(26-2)19(10-16)27-3/h4-10,13H,11-12H2,1-3H3,(H,22,24). The van der Waals surface area contributed by atoms with Gasteiger partial charge in [-0.05, 0) is 23.8 Å².